The van der Waals surface area contributed by atoms with E-state index in [9.17, 15) is 9.18 Å². The van der Waals surface area contributed by atoms with Crippen molar-refractivity contribution in [2.75, 3.05) is 0 Å². The number of carbonyl (C=O) groups excluding carboxylic acids is 1. The fourth-order valence-corrected chi connectivity index (χ4v) is 2.66. The third kappa shape index (κ3) is 2.01. The van der Waals surface area contributed by atoms with Gasteiger partial charge in [-0.2, -0.15) is 0 Å². The predicted octanol–water partition coefficient (Wildman–Crippen LogP) is 3.83. The topological polar surface area (TPSA) is 17.1 Å². The van der Waals surface area contributed by atoms with E-state index in [1.54, 1.807) is 12.1 Å². The van der Waals surface area contributed by atoms with Gasteiger partial charge in [0.2, 0.25) is 0 Å². The molecule has 1 unspecified atom stereocenters. The zero-order valence-electron chi connectivity index (χ0n) is 9.79. The Morgan fingerprint density at radius 1 is 1.44 bits per heavy atom. The van der Waals surface area contributed by atoms with Crippen molar-refractivity contribution in [2.45, 2.75) is 33.1 Å². The van der Waals surface area contributed by atoms with Gasteiger partial charge in [-0.3, -0.25) is 4.79 Å². The van der Waals surface area contributed by atoms with Gasteiger partial charge in [0.1, 0.15) is 5.82 Å². The Morgan fingerprint density at radius 3 is 2.75 bits per heavy atom. The minimum absolute atomic E-state index is 0.0503. The lowest BCUT2D eigenvalue weighted by Gasteiger charge is -2.25. The second-order valence-electron chi connectivity index (χ2n) is 5.31. The van der Waals surface area contributed by atoms with Gasteiger partial charge in [-0.05, 0) is 30.4 Å². The molecular formula is C14H17FO. The first-order valence-corrected chi connectivity index (χ1v) is 5.80. The molecule has 0 radical (unpaired) electrons. The summed E-state index contributed by atoms with van der Waals surface area (Å²) in [5.41, 5.74) is 0.573. The van der Waals surface area contributed by atoms with Crippen molar-refractivity contribution in [1.29, 1.82) is 0 Å². The molecule has 1 aliphatic rings. The van der Waals surface area contributed by atoms with Gasteiger partial charge in [-0.15, -0.1) is 0 Å². The van der Waals surface area contributed by atoms with Crippen LogP contribution in [0.4, 0.5) is 4.39 Å². The van der Waals surface area contributed by atoms with Crippen molar-refractivity contribution in [3.63, 3.8) is 0 Å². The van der Waals surface area contributed by atoms with E-state index in [4.69, 9.17) is 0 Å². The maximum absolute atomic E-state index is 13.1. The molecule has 1 atom stereocenters. The highest BCUT2D eigenvalue weighted by Crippen LogP contribution is 2.44. The summed E-state index contributed by atoms with van der Waals surface area (Å²) in [5, 5.41) is 0. The van der Waals surface area contributed by atoms with Gasteiger partial charge in [0.05, 0.1) is 0 Å². The Labute approximate surface area is 95.7 Å². The predicted molar refractivity (Wildman–Crippen MR) is 61.9 cm³/mol. The molecule has 0 aliphatic heterocycles. The van der Waals surface area contributed by atoms with Gasteiger partial charge in [-0.1, -0.05) is 32.4 Å². The molecule has 0 amide bonds. The van der Waals surface area contributed by atoms with Crippen LogP contribution in [0.2, 0.25) is 0 Å². The maximum atomic E-state index is 13.1. The van der Waals surface area contributed by atoms with Crippen LogP contribution in [-0.4, -0.2) is 5.78 Å². The monoisotopic (exact) mass is 220 g/mol. The molecule has 2 rings (SSSR count). The number of hydrogen-bond acceptors (Lipinski definition) is 1. The highest BCUT2D eigenvalue weighted by Gasteiger charge is 2.39. The lowest BCUT2D eigenvalue weighted by Crippen LogP contribution is -2.25. The van der Waals surface area contributed by atoms with Crippen LogP contribution in [0.5, 0.6) is 0 Å². The van der Waals surface area contributed by atoms with E-state index in [-0.39, 0.29) is 22.9 Å². The number of rotatable bonds is 2. The fourth-order valence-electron chi connectivity index (χ4n) is 2.66. The zero-order valence-corrected chi connectivity index (χ0v) is 9.79. The lowest BCUT2D eigenvalue weighted by molar-refractivity contribution is 0.0838. The largest absolute Gasteiger partial charge is 0.294 e. The third-order valence-corrected chi connectivity index (χ3v) is 3.68. The van der Waals surface area contributed by atoms with Gasteiger partial charge >= 0.3 is 0 Å². The smallest absolute Gasteiger partial charge is 0.166 e. The molecule has 0 spiro atoms. The van der Waals surface area contributed by atoms with Crippen molar-refractivity contribution in [3.05, 3.63) is 35.6 Å². The van der Waals surface area contributed by atoms with E-state index in [1.165, 1.54) is 12.1 Å². The Kier molecular flexibility index (Phi) is 2.83. The Morgan fingerprint density at radius 2 is 2.19 bits per heavy atom. The van der Waals surface area contributed by atoms with Crippen LogP contribution in [-0.2, 0) is 0 Å². The van der Waals surface area contributed by atoms with Crippen molar-refractivity contribution < 1.29 is 9.18 Å². The van der Waals surface area contributed by atoms with Gasteiger partial charge in [0.15, 0.2) is 5.78 Å². The molecule has 1 aromatic rings. The summed E-state index contributed by atoms with van der Waals surface area (Å²) in [6, 6.07) is 6.03. The molecule has 1 fully saturated rings. The Bertz CT molecular complexity index is 409. The summed E-state index contributed by atoms with van der Waals surface area (Å²) < 4.78 is 13.1. The molecule has 0 bridgehead atoms. The summed E-state index contributed by atoms with van der Waals surface area (Å²) >= 11 is 0. The third-order valence-electron chi connectivity index (χ3n) is 3.68. The molecular weight excluding hydrogens is 203 g/mol. The molecule has 16 heavy (non-hydrogen) atoms. The second kappa shape index (κ2) is 4.00. The van der Waals surface area contributed by atoms with Gasteiger partial charge < -0.3 is 0 Å². The number of halogens is 1. The number of Topliss-reactive ketones (excluding diaryl/α,β-unsaturated/α-hetero) is 1. The first kappa shape index (κ1) is 11.3. The molecule has 0 aromatic heterocycles. The van der Waals surface area contributed by atoms with Crippen molar-refractivity contribution in [1.82, 2.24) is 0 Å². The van der Waals surface area contributed by atoms with Crippen molar-refractivity contribution in [2.24, 2.45) is 11.3 Å². The fraction of sp³-hybridized carbons (Fsp3) is 0.500. The minimum Gasteiger partial charge on any atom is -0.294 e. The molecule has 1 nitrogen and oxygen atoms in total. The summed E-state index contributed by atoms with van der Waals surface area (Å²) in [7, 11) is 0. The normalized spacial score (nSPS) is 23.3. The van der Waals surface area contributed by atoms with Gasteiger partial charge in [0, 0.05) is 11.5 Å². The molecule has 1 aromatic carbocycles. The van der Waals surface area contributed by atoms with Crippen LogP contribution >= 0.6 is 0 Å². The highest BCUT2D eigenvalue weighted by atomic mass is 19.1. The molecule has 1 aliphatic carbocycles. The zero-order chi connectivity index (χ0) is 11.8. The summed E-state index contributed by atoms with van der Waals surface area (Å²) in [6.45, 7) is 4.25. The number of ketones is 1. The van der Waals surface area contributed by atoms with E-state index < -0.39 is 0 Å². The molecule has 0 heterocycles. The van der Waals surface area contributed by atoms with Crippen LogP contribution in [0.15, 0.2) is 24.3 Å². The first-order valence-electron chi connectivity index (χ1n) is 5.80. The molecule has 2 heteroatoms. The van der Waals surface area contributed by atoms with E-state index in [0.717, 1.165) is 19.3 Å². The van der Waals surface area contributed by atoms with Crippen LogP contribution in [0.25, 0.3) is 0 Å². The van der Waals surface area contributed by atoms with Gasteiger partial charge in [0.25, 0.3) is 0 Å². The van der Waals surface area contributed by atoms with E-state index >= 15 is 0 Å². The van der Waals surface area contributed by atoms with Crippen LogP contribution in [0.1, 0.15) is 43.5 Å². The number of hydrogen-bond donors (Lipinski definition) is 0. The molecule has 0 N–H and O–H groups in total. The van der Waals surface area contributed by atoms with Gasteiger partial charge in [-0.25, -0.2) is 4.39 Å². The molecule has 86 valence electrons. The molecule has 0 saturated heterocycles. The second-order valence-corrected chi connectivity index (χ2v) is 5.31. The van der Waals surface area contributed by atoms with Crippen LogP contribution in [0, 0.1) is 17.2 Å². The minimum atomic E-state index is -0.332. The summed E-state index contributed by atoms with van der Waals surface area (Å²) in [6.07, 6.45) is 3.11. The first-order chi connectivity index (χ1) is 7.50. The van der Waals surface area contributed by atoms with Crippen molar-refractivity contribution >= 4 is 5.78 Å². The Balaban J connectivity index is 2.26. The van der Waals surface area contributed by atoms with E-state index in [1.807, 2.05) is 0 Å². The lowest BCUT2D eigenvalue weighted by atomic mass is 9.78. The quantitative estimate of drug-likeness (QED) is 0.692. The summed E-state index contributed by atoms with van der Waals surface area (Å²) in [5.74, 6) is -0.182. The Hall–Kier alpha value is -1.18. The van der Waals surface area contributed by atoms with E-state index in [2.05, 4.69) is 13.8 Å². The van der Waals surface area contributed by atoms with E-state index in [0.29, 0.717) is 5.56 Å². The standard InChI is InChI=1S/C14H17FO/c1-14(2)8-4-7-12(14)13(16)10-5-3-6-11(15)9-10/h3,5-6,9,12H,4,7-8H2,1-2H3. The molecule has 1 saturated carbocycles. The highest BCUT2D eigenvalue weighted by molar-refractivity contribution is 5.98. The average molecular weight is 220 g/mol. The summed E-state index contributed by atoms with van der Waals surface area (Å²) in [4.78, 5) is 12.2. The SMILES string of the molecule is CC1(C)CCCC1C(=O)c1cccc(F)c1. The van der Waals surface area contributed by atoms with Crippen LogP contribution in [0.3, 0.4) is 0 Å². The maximum Gasteiger partial charge on any atom is 0.166 e. The van der Waals surface area contributed by atoms with Crippen molar-refractivity contribution in [3.8, 4) is 0 Å². The average Bonchev–Trinajstić information content (AvgIpc) is 2.57. The van der Waals surface area contributed by atoms with Crippen LogP contribution < -0.4 is 0 Å². The number of carbonyl (C=O) groups is 1. The number of benzene rings is 1.